The zero-order valence-electron chi connectivity index (χ0n) is 8.55. The first kappa shape index (κ1) is 12.7. The maximum Gasteiger partial charge on any atom is 0.221 e. The van der Waals surface area contributed by atoms with E-state index < -0.39 is 0 Å². The molecule has 0 spiro atoms. The topological polar surface area (TPSA) is 17.1 Å². The van der Waals surface area contributed by atoms with Crippen molar-refractivity contribution in [2.75, 3.05) is 0 Å². The Balaban J connectivity index is 3.12. The Morgan fingerprint density at radius 1 is 1.31 bits per heavy atom. The zero-order valence-corrected chi connectivity index (χ0v) is 9.31. The Morgan fingerprint density at radius 2 is 2.00 bits per heavy atom. The molecule has 0 N–H and O–H groups in total. The van der Waals surface area contributed by atoms with Crippen LogP contribution in [0.15, 0.2) is 12.2 Å². The fourth-order valence-corrected chi connectivity index (χ4v) is 1.20. The van der Waals surface area contributed by atoms with Crippen LogP contribution in [0.3, 0.4) is 0 Å². The van der Waals surface area contributed by atoms with E-state index in [4.69, 9.17) is 11.6 Å². The third kappa shape index (κ3) is 11.7. The van der Waals surface area contributed by atoms with Gasteiger partial charge in [-0.25, -0.2) is 0 Å². The normalized spacial score (nSPS) is 11.4. The Hall–Kier alpha value is -0.300. The predicted octanol–water partition coefficient (Wildman–Crippen LogP) is 3.91. The average Bonchev–Trinajstić information content (AvgIpc) is 2.01. The van der Waals surface area contributed by atoms with Crippen molar-refractivity contribution in [1.82, 2.24) is 0 Å². The first-order valence-corrected chi connectivity index (χ1v) is 5.35. The van der Waals surface area contributed by atoms with Crippen LogP contribution in [-0.2, 0) is 4.79 Å². The summed E-state index contributed by atoms with van der Waals surface area (Å²) >= 11 is 5.21. The summed E-state index contributed by atoms with van der Waals surface area (Å²) in [5.41, 5.74) is 0. The minimum Gasteiger partial charge on any atom is -0.281 e. The van der Waals surface area contributed by atoms with Crippen molar-refractivity contribution >= 4 is 16.8 Å². The number of carbonyl (C=O) groups is 1. The van der Waals surface area contributed by atoms with E-state index in [1.165, 1.54) is 0 Å². The summed E-state index contributed by atoms with van der Waals surface area (Å²) in [6, 6.07) is 0. The molecular weight excluding hydrogens is 184 g/mol. The van der Waals surface area contributed by atoms with Gasteiger partial charge in [0.25, 0.3) is 0 Å². The van der Waals surface area contributed by atoms with Gasteiger partial charge >= 0.3 is 0 Å². The molecule has 0 aliphatic carbocycles. The molecule has 0 aromatic carbocycles. The summed E-state index contributed by atoms with van der Waals surface area (Å²) in [6.07, 6.45) is 9.26. The largest absolute Gasteiger partial charge is 0.281 e. The van der Waals surface area contributed by atoms with Gasteiger partial charge in [0, 0.05) is 6.42 Å². The lowest BCUT2D eigenvalue weighted by Crippen LogP contribution is -1.85. The molecule has 76 valence electrons. The Bertz CT molecular complexity index is 161. The molecule has 0 heterocycles. The van der Waals surface area contributed by atoms with E-state index in [1.54, 1.807) is 0 Å². The number of unbranched alkanes of at least 4 members (excludes halogenated alkanes) is 3. The van der Waals surface area contributed by atoms with E-state index in [0.717, 1.165) is 25.7 Å². The highest BCUT2D eigenvalue weighted by Gasteiger charge is 1.94. The van der Waals surface area contributed by atoms with Crippen molar-refractivity contribution < 1.29 is 4.79 Å². The van der Waals surface area contributed by atoms with Gasteiger partial charge in [-0.3, -0.25) is 4.79 Å². The van der Waals surface area contributed by atoms with Gasteiger partial charge in [-0.05, 0) is 36.8 Å². The van der Waals surface area contributed by atoms with Crippen molar-refractivity contribution in [3.63, 3.8) is 0 Å². The number of allylic oxidation sites excluding steroid dienone is 2. The van der Waals surface area contributed by atoms with Crippen LogP contribution in [0.4, 0.5) is 0 Å². The van der Waals surface area contributed by atoms with Gasteiger partial charge in [-0.2, -0.15) is 0 Å². The molecule has 0 aromatic heterocycles. The fourth-order valence-electron chi connectivity index (χ4n) is 1.07. The molecule has 0 fully saturated rings. The molecule has 0 atom stereocenters. The van der Waals surface area contributed by atoms with E-state index >= 15 is 0 Å². The quantitative estimate of drug-likeness (QED) is 0.348. The lowest BCUT2D eigenvalue weighted by molar-refractivity contribution is -0.111. The monoisotopic (exact) mass is 202 g/mol. The molecule has 0 bridgehead atoms. The van der Waals surface area contributed by atoms with Crippen LogP contribution in [0.1, 0.15) is 46.0 Å². The van der Waals surface area contributed by atoms with Gasteiger partial charge in [-0.15, -0.1) is 0 Å². The van der Waals surface area contributed by atoms with Crippen LogP contribution in [0.5, 0.6) is 0 Å². The SMILES string of the molecule is CC(C)/C=C/CCCCCC(=O)Cl. The maximum atomic E-state index is 10.4. The van der Waals surface area contributed by atoms with Gasteiger partial charge in [0.1, 0.15) is 0 Å². The molecule has 0 rings (SSSR count). The third-order valence-corrected chi connectivity index (χ3v) is 1.95. The lowest BCUT2D eigenvalue weighted by atomic mass is 10.1. The van der Waals surface area contributed by atoms with E-state index in [1.807, 2.05) is 0 Å². The molecule has 0 aliphatic heterocycles. The molecule has 0 unspecified atom stereocenters. The zero-order chi connectivity index (χ0) is 10.1. The summed E-state index contributed by atoms with van der Waals surface area (Å²) in [6.45, 7) is 4.34. The number of carbonyl (C=O) groups excluding carboxylic acids is 1. The number of hydrogen-bond acceptors (Lipinski definition) is 1. The van der Waals surface area contributed by atoms with Crippen molar-refractivity contribution in [2.45, 2.75) is 46.0 Å². The number of hydrogen-bond donors (Lipinski definition) is 0. The summed E-state index contributed by atoms with van der Waals surface area (Å²) in [7, 11) is 0. The van der Waals surface area contributed by atoms with Crippen LogP contribution in [0.2, 0.25) is 0 Å². The molecule has 13 heavy (non-hydrogen) atoms. The van der Waals surface area contributed by atoms with E-state index in [-0.39, 0.29) is 5.24 Å². The molecular formula is C11H19ClO. The van der Waals surface area contributed by atoms with E-state index in [9.17, 15) is 4.79 Å². The van der Waals surface area contributed by atoms with Crippen molar-refractivity contribution in [3.8, 4) is 0 Å². The molecule has 0 radical (unpaired) electrons. The molecule has 0 saturated heterocycles. The van der Waals surface area contributed by atoms with Crippen LogP contribution in [0, 0.1) is 5.92 Å². The Morgan fingerprint density at radius 3 is 2.54 bits per heavy atom. The number of rotatable bonds is 7. The van der Waals surface area contributed by atoms with Crippen molar-refractivity contribution in [1.29, 1.82) is 0 Å². The summed E-state index contributed by atoms with van der Waals surface area (Å²) in [5.74, 6) is 0.643. The molecule has 0 saturated carbocycles. The van der Waals surface area contributed by atoms with Gasteiger partial charge in [-0.1, -0.05) is 32.4 Å². The van der Waals surface area contributed by atoms with Crippen molar-refractivity contribution in [2.24, 2.45) is 5.92 Å². The Labute approximate surface area is 86.2 Å². The second-order valence-corrected chi connectivity index (χ2v) is 4.05. The molecule has 0 aliphatic rings. The van der Waals surface area contributed by atoms with Crippen LogP contribution in [0.25, 0.3) is 0 Å². The molecule has 1 nitrogen and oxygen atoms in total. The average molecular weight is 203 g/mol. The minimum atomic E-state index is -0.210. The van der Waals surface area contributed by atoms with Gasteiger partial charge in [0.15, 0.2) is 0 Å². The summed E-state index contributed by atoms with van der Waals surface area (Å²) < 4.78 is 0. The van der Waals surface area contributed by atoms with Crippen LogP contribution in [-0.4, -0.2) is 5.24 Å². The maximum absolute atomic E-state index is 10.4. The first-order chi connectivity index (χ1) is 6.13. The highest BCUT2D eigenvalue weighted by Crippen LogP contribution is 2.06. The fraction of sp³-hybridized carbons (Fsp3) is 0.727. The smallest absolute Gasteiger partial charge is 0.221 e. The van der Waals surface area contributed by atoms with Crippen LogP contribution >= 0.6 is 11.6 Å². The third-order valence-electron chi connectivity index (χ3n) is 1.77. The van der Waals surface area contributed by atoms with Gasteiger partial charge in [0.2, 0.25) is 5.24 Å². The molecule has 0 amide bonds. The second kappa shape index (κ2) is 8.31. The standard InChI is InChI=1S/C11H19ClO/c1-10(2)8-6-4-3-5-7-9-11(12)13/h6,8,10H,3-5,7,9H2,1-2H3/b8-6+. The van der Waals surface area contributed by atoms with Crippen molar-refractivity contribution in [3.05, 3.63) is 12.2 Å². The predicted molar refractivity (Wildman–Crippen MR) is 57.9 cm³/mol. The van der Waals surface area contributed by atoms with E-state index in [0.29, 0.717) is 12.3 Å². The molecule has 0 aromatic rings. The first-order valence-electron chi connectivity index (χ1n) is 4.98. The highest BCUT2D eigenvalue weighted by molar-refractivity contribution is 6.63. The minimum absolute atomic E-state index is 0.210. The van der Waals surface area contributed by atoms with Gasteiger partial charge in [0.05, 0.1) is 0 Å². The highest BCUT2D eigenvalue weighted by atomic mass is 35.5. The van der Waals surface area contributed by atoms with Gasteiger partial charge < -0.3 is 0 Å². The van der Waals surface area contributed by atoms with E-state index in [2.05, 4.69) is 26.0 Å². The second-order valence-electron chi connectivity index (χ2n) is 3.63. The lowest BCUT2D eigenvalue weighted by Gasteiger charge is -1.96. The summed E-state index contributed by atoms with van der Waals surface area (Å²) in [4.78, 5) is 10.4. The molecule has 2 heteroatoms. The number of halogens is 1. The van der Waals surface area contributed by atoms with Crippen LogP contribution < -0.4 is 0 Å². The Kier molecular flexibility index (Phi) is 8.11. The summed E-state index contributed by atoms with van der Waals surface area (Å²) in [5, 5.41) is -0.210.